The van der Waals surface area contributed by atoms with E-state index in [4.69, 9.17) is 4.74 Å². The normalized spacial score (nSPS) is 14.4. The van der Waals surface area contributed by atoms with Crippen LogP contribution in [0.4, 0.5) is 0 Å². The molecule has 0 aliphatic rings. The van der Waals surface area contributed by atoms with Crippen LogP contribution in [0.5, 0.6) is 5.75 Å². The summed E-state index contributed by atoms with van der Waals surface area (Å²) in [5, 5.41) is 22.4. The summed E-state index contributed by atoms with van der Waals surface area (Å²) in [6.45, 7) is 5.02. The quantitative estimate of drug-likeness (QED) is 0.679. The molecule has 19 heavy (non-hydrogen) atoms. The van der Waals surface area contributed by atoms with Gasteiger partial charge >= 0.3 is 0 Å². The van der Waals surface area contributed by atoms with E-state index in [2.05, 4.69) is 21.2 Å². The van der Waals surface area contributed by atoms with Gasteiger partial charge in [0.15, 0.2) is 0 Å². The summed E-state index contributed by atoms with van der Waals surface area (Å²) < 4.78 is 6.41. The predicted octanol–water partition coefficient (Wildman–Crippen LogP) is 1.80. The van der Waals surface area contributed by atoms with Crippen molar-refractivity contribution >= 4 is 15.9 Å². The first-order chi connectivity index (χ1) is 8.99. The van der Waals surface area contributed by atoms with Crippen LogP contribution in [0.3, 0.4) is 0 Å². The largest absolute Gasteiger partial charge is 0.491 e. The van der Waals surface area contributed by atoms with Crippen molar-refractivity contribution in [1.29, 1.82) is 0 Å². The first-order valence-corrected chi connectivity index (χ1v) is 7.23. The van der Waals surface area contributed by atoms with Crippen molar-refractivity contribution in [2.45, 2.75) is 26.1 Å². The van der Waals surface area contributed by atoms with E-state index in [1.54, 1.807) is 0 Å². The van der Waals surface area contributed by atoms with Gasteiger partial charge in [-0.2, -0.15) is 0 Å². The molecular weight excluding hydrogens is 310 g/mol. The molecule has 0 spiro atoms. The van der Waals surface area contributed by atoms with E-state index in [1.165, 1.54) is 0 Å². The third-order valence-electron chi connectivity index (χ3n) is 2.74. The molecule has 0 radical (unpaired) electrons. The number of hydrogen-bond donors (Lipinski definition) is 3. The summed E-state index contributed by atoms with van der Waals surface area (Å²) in [5.41, 5.74) is 0. The van der Waals surface area contributed by atoms with Gasteiger partial charge in [-0.1, -0.05) is 35.8 Å². The highest BCUT2D eigenvalue weighted by Crippen LogP contribution is 2.17. The molecule has 0 heterocycles. The second-order valence-electron chi connectivity index (χ2n) is 4.89. The standard InChI is InChI=1S/C14H22BrNO3/c1-10(2)14(18)8-16-7-12(17)9-19-13-5-3-4-11(15)6-13/h3-6,10,12,14,16-18H,7-9H2,1-2H3. The molecule has 108 valence electrons. The van der Waals surface area contributed by atoms with Gasteiger partial charge in [0, 0.05) is 17.6 Å². The van der Waals surface area contributed by atoms with Crippen molar-refractivity contribution in [2.75, 3.05) is 19.7 Å². The monoisotopic (exact) mass is 331 g/mol. The van der Waals surface area contributed by atoms with Gasteiger partial charge in [-0.25, -0.2) is 0 Å². The molecule has 0 aliphatic carbocycles. The Labute approximate surface area is 122 Å². The molecule has 0 bridgehead atoms. The number of aliphatic hydroxyl groups excluding tert-OH is 2. The van der Waals surface area contributed by atoms with Gasteiger partial charge in [0.05, 0.1) is 6.10 Å². The van der Waals surface area contributed by atoms with Crippen LogP contribution in [-0.2, 0) is 0 Å². The second-order valence-corrected chi connectivity index (χ2v) is 5.81. The zero-order chi connectivity index (χ0) is 14.3. The van der Waals surface area contributed by atoms with Crippen molar-refractivity contribution in [1.82, 2.24) is 5.32 Å². The summed E-state index contributed by atoms with van der Waals surface area (Å²) in [4.78, 5) is 0. The fourth-order valence-electron chi connectivity index (χ4n) is 1.44. The zero-order valence-electron chi connectivity index (χ0n) is 11.3. The number of rotatable bonds is 8. The summed E-state index contributed by atoms with van der Waals surface area (Å²) in [7, 11) is 0. The first-order valence-electron chi connectivity index (χ1n) is 6.44. The first kappa shape index (κ1) is 16.4. The topological polar surface area (TPSA) is 61.7 Å². The highest BCUT2D eigenvalue weighted by atomic mass is 79.9. The molecule has 2 unspecified atom stereocenters. The molecule has 1 rings (SSSR count). The lowest BCUT2D eigenvalue weighted by molar-refractivity contribution is 0.0908. The Balaban J connectivity index is 2.19. The van der Waals surface area contributed by atoms with Crippen molar-refractivity contribution in [3.63, 3.8) is 0 Å². The number of nitrogens with one attached hydrogen (secondary N) is 1. The average Bonchev–Trinajstić information content (AvgIpc) is 2.36. The Morgan fingerprint density at radius 1 is 1.26 bits per heavy atom. The molecule has 2 atom stereocenters. The van der Waals surface area contributed by atoms with E-state index >= 15 is 0 Å². The highest BCUT2D eigenvalue weighted by molar-refractivity contribution is 9.10. The third kappa shape index (κ3) is 6.92. The van der Waals surface area contributed by atoms with Crippen molar-refractivity contribution in [3.05, 3.63) is 28.7 Å². The Kier molecular flexibility index (Phi) is 7.38. The Hall–Kier alpha value is -0.620. The van der Waals surface area contributed by atoms with Gasteiger partial charge in [-0.15, -0.1) is 0 Å². The predicted molar refractivity (Wildman–Crippen MR) is 79.4 cm³/mol. The number of benzene rings is 1. The molecule has 0 saturated heterocycles. The molecule has 3 N–H and O–H groups in total. The van der Waals surface area contributed by atoms with Crippen LogP contribution in [0.1, 0.15) is 13.8 Å². The van der Waals surface area contributed by atoms with Gasteiger partial charge in [0.1, 0.15) is 18.5 Å². The van der Waals surface area contributed by atoms with E-state index in [0.717, 1.165) is 10.2 Å². The van der Waals surface area contributed by atoms with Gasteiger partial charge in [-0.05, 0) is 24.1 Å². The third-order valence-corrected chi connectivity index (χ3v) is 3.23. The molecule has 0 saturated carbocycles. The SMILES string of the molecule is CC(C)C(O)CNCC(O)COc1cccc(Br)c1. The van der Waals surface area contributed by atoms with Gasteiger partial charge in [0.25, 0.3) is 0 Å². The van der Waals surface area contributed by atoms with Crippen molar-refractivity contribution in [3.8, 4) is 5.75 Å². The molecule has 1 aromatic carbocycles. The average molecular weight is 332 g/mol. The number of halogens is 1. The highest BCUT2D eigenvalue weighted by Gasteiger charge is 2.10. The summed E-state index contributed by atoms with van der Waals surface area (Å²) >= 11 is 3.36. The second kappa shape index (κ2) is 8.53. The minimum Gasteiger partial charge on any atom is -0.491 e. The maximum absolute atomic E-state index is 9.75. The van der Waals surface area contributed by atoms with Gasteiger partial charge in [-0.3, -0.25) is 0 Å². The van der Waals surface area contributed by atoms with E-state index in [-0.39, 0.29) is 12.5 Å². The van der Waals surface area contributed by atoms with Gasteiger partial charge < -0.3 is 20.3 Å². The smallest absolute Gasteiger partial charge is 0.120 e. The van der Waals surface area contributed by atoms with Crippen LogP contribution in [-0.4, -0.2) is 42.1 Å². The van der Waals surface area contributed by atoms with E-state index in [0.29, 0.717) is 13.1 Å². The van der Waals surface area contributed by atoms with E-state index < -0.39 is 12.2 Å². The maximum atomic E-state index is 9.75. The van der Waals surface area contributed by atoms with Crippen LogP contribution in [0.25, 0.3) is 0 Å². The van der Waals surface area contributed by atoms with Crippen molar-refractivity contribution < 1.29 is 14.9 Å². The number of ether oxygens (including phenoxy) is 1. The molecule has 1 aromatic rings. The fraction of sp³-hybridized carbons (Fsp3) is 0.571. The Morgan fingerprint density at radius 2 is 2.00 bits per heavy atom. The van der Waals surface area contributed by atoms with Crippen LogP contribution >= 0.6 is 15.9 Å². The van der Waals surface area contributed by atoms with Crippen molar-refractivity contribution in [2.24, 2.45) is 5.92 Å². The van der Waals surface area contributed by atoms with Crippen LogP contribution in [0.15, 0.2) is 28.7 Å². The maximum Gasteiger partial charge on any atom is 0.120 e. The number of hydrogen-bond acceptors (Lipinski definition) is 4. The zero-order valence-corrected chi connectivity index (χ0v) is 12.9. The van der Waals surface area contributed by atoms with Crippen LogP contribution < -0.4 is 10.1 Å². The molecule has 0 aromatic heterocycles. The molecule has 0 amide bonds. The minimum absolute atomic E-state index is 0.211. The molecule has 0 fully saturated rings. The van der Waals surface area contributed by atoms with Crippen LogP contribution in [0.2, 0.25) is 0 Å². The Morgan fingerprint density at radius 3 is 2.63 bits per heavy atom. The fourth-order valence-corrected chi connectivity index (χ4v) is 1.82. The van der Waals surface area contributed by atoms with Crippen LogP contribution in [0, 0.1) is 5.92 Å². The molecule has 0 aliphatic heterocycles. The lowest BCUT2D eigenvalue weighted by Gasteiger charge is -2.17. The lowest BCUT2D eigenvalue weighted by Crippen LogP contribution is -2.37. The lowest BCUT2D eigenvalue weighted by atomic mass is 10.1. The number of aliphatic hydroxyl groups is 2. The minimum atomic E-state index is -0.599. The summed E-state index contributed by atoms with van der Waals surface area (Å²) in [6, 6.07) is 7.48. The molecule has 5 heteroatoms. The summed E-state index contributed by atoms with van der Waals surface area (Å²) in [6.07, 6.45) is -0.989. The van der Waals surface area contributed by atoms with E-state index in [9.17, 15) is 10.2 Å². The molecular formula is C14H22BrNO3. The Bertz CT molecular complexity index is 373. The molecule has 4 nitrogen and oxygen atoms in total. The van der Waals surface area contributed by atoms with Gasteiger partial charge in [0.2, 0.25) is 0 Å². The van der Waals surface area contributed by atoms with E-state index in [1.807, 2.05) is 38.1 Å². The summed E-state index contributed by atoms with van der Waals surface area (Å²) in [5.74, 6) is 0.929.